The van der Waals surface area contributed by atoms with Crippen LogP contribution in [0.2, 0.25) is 0 Å². The number of piperidine rings is 1. The molecular weight excluding hydrogens is 506 g/mol. The smallest absolute Gasteiger partial charge is 0.326 e. The zero-order valence-electron chi connectivity index (χ0n) is 24.8. The van der Waals surface area contributed by atoms with Crippen LogP contribution in [0, 0.1) is 0 Å². The summed E-state index contributed by atoms with van der Waals surface area (Å²) >= 11 is 0. The molecule has 3 heterocycles. The molecule has 0 unspecified atom stereocenters. The van der Waals surface area contributed by atoms with Crippen LogP contribution >= 0.6 is 0 Å². The molecule has 1 aliphatic rings. The minimum Gasteiger partial charge on any atom is -0.489 e. The number of aromatic nitrogens is 2. The second kappa shape index (κ2) is 11.0. The minimum atomic E-state index is -0.445. The van der Waals surface area contributed by atoms with Gasteiger partial charge in [-0.25, -0.2) is 9.78 Å². The summed E-state index contributed by atoms with van der Waals surface area (Å²) in [5.74, 6) is 0.852. The van der Waals surface area contributed by atoms with Crippen LogP contribution in [-0.2, 0) is 11.8 Å². The van der Waals surface area contributed by atoms with E-state index >= 15 is 0 Å². The van der Waals surface area contributed by atoms with Gasteiger partial charge in [-0.2, -0.15) is 0 Å². The van der Waals surface area contributed by atoms with Crippen LogP contribution in [0.4, 0.5) is 16.4 Å². The van der Waals surface area contributed by atoms with Crippen LogP contribution in [0.5, 0.6) is 5.75 Å². The Kier molecular flexibility index (Phi) is 8.08. The predicted octanol–water partition coefficient (Wildman–Crippen LogP) is 6.47. The number of urea groups is 1. The molecule has 4 rings (SSSR count). The van der Waals surface area contributed by atoms with Crippen LogP contribution in [0.15, 0.2) is 53.2 Å². The quantitative estimate of drug-likeness (QED) is 0.326. The number of rotatable bonds is 7. The fraction of sp³-hybridized carbons (Fsp3) is 0.484. The summed E-state index contributed by atoms with van der Waals surface area (Å²) in [4.78, 5) is 32.0. The molecule has 2 amide bonds. The van der Waals surface area contributed by atoms with E-state index in [1.54, 1.807) is 42.6 Å². The summed E-state index contributed by atoms with van der Waals surface area (Å²) < 4.78 is 11.5. The molecule has 40 heavy (non-hydrogen) atoms. The van der Waals surface area contributed by atoms with E-state index in [2.05, 4.69) is 60.4 Å². The maximum absolute atomic E-state index is 12.9. The van der Waals surface area contributed by atoms with Gasteiger partial charge in [0.1, 0.15) is 17.5 Å². The van der Waals surface area contributed by atoms with Crippen molar-refractivity contribution in [2.45, 2.75) is 90.3 Å². The highest BCUT2D eigenvalue weighted by molar-refractivity contribution is 5.99. The molecule has 2 N–H and O–H groups in total. The topological polar surface area (TPSA) is 110 Å². The Morgan fingerprint density at radius 3 is 2.23 bits per heavy atom. The third kappa shape index (κ3) is 7.07. The molecule has 0 saturated carbocycles. The summed E-state index contributed by atoms with van der Waals surface area (Å²) in [5, 5.41) is 9.38. The maximum Gasteiger partial charge on any atom is 0.326 e. The number of benzene rings is 1. The molecule has 214 valence electrons. The number of hydrogen-bond donors (Lipinski definition) is 2. The molecule has 1 saturated heterocycles. The Morgan fingerprint density at radius 1 is 1.02 bits per heavy atom. The van der Waals surface area contributed by atoms with E-state index in [1.807, 2.05) is 26.8 Å². The first-order chi connectivity index (χ1) is 18.6. The van der Waals surface area contributed by atoms with Crippen molar-refractivity contribution in [3.8, 4) is 5.75 Å². The number of amides is 2. The van der Waals surface area contributed by atoms with Gasteiger partial charge in [-0.15, -0.1) is 0 Å². The maximum atomic E-state index is 12.9. The summed E-state index contributed by atoms with van der Waals surface area (Å²) in [5.41, 5.74) is 2.41. The van der Waals surface area contributed by atoms with E-state index in [9.17, 15) is 9.59 Å². The third-order valence-corrected chi connectivity index (χ3v) is 7.69. The number of carbonyl (C=O) groups excluding carboxylic acids is 2. The van der Waals surface area contributed by atoms with Gasteiger partial charge in [0.15, 0.2) is 5.78 Å². The van der Waals surface area contributed by atoms with Crippen LogP contribution < -0.4 is 15.4 Å². The molecule has 1 aliphatic heterocycles. The van der Waals surface area contributed by atoms with Gasteiger partial charge in [-0.05, 0) is 64.6 Å². The molecule has 1 fully saturated rings. The Bertz CT molecular complexity index is 1320. The van der Waals surface area contributed by atoms with Crippen molar-refractivity contribution < 1.29 is 18.8 Å². The van der Waals surface area contributed by atoms with E-state index in [0.717, 1.165) is 24.1 Å². The summed E-state index contributed by atoms with van der Waals surface area (Å²) in [6.07, 6.45) is 3.74. The zero-order valence-corrected chi connectivity index (χ0v) is 24.8. The lowest BCUT2D eigenvalue weighted by molar-refractivity contribution is -0.0557. The van der Waals surface area contributed by atoms with Crippen molar-refractivity contribution in [2.24, 2.45) is 0 Å². The lowest BCUT2D eigenvalue weighted by Gasteiger charge is -2.53. The molecule has 0 bridgehead atoms. The van der Waals surface area contributed by atoms with Crippen molar-refractivity contribution in [1.29, 1.82) is 0 Å². The number of ether oxygens (including phenoxy) is 1. The Labute approximate surface area is 236 Å². The van der Waals surface area contributed by atoms with Crippen molar-refractivity contribution in [2.75, 3.05) is 17.7 Å². The number of anilines is 2. The number of hydrogen-bond acceptors (Lipinski definition) is 7. The number of Topliss-reactive ketones (excluding diaryl/α,β-unsaturated/α-hetero) is 1. The number of nitrogens with zero attached hydrogens (tertiary/aromatic N) is 3. The molecular formula is C31H41N5O4. The molecule has 2 aromatic heterocycles. The van der Waals surface area contributed by atoms with E-state index in [1.165, 1.54) is 0 Å². The Balaban J connectivity index is 1.29. The lowest BCUT2D eigenvalue weighted by atomic mass is 9.79. The average Bonchev–Trinajstić information content (AvgIpc) is 3.33. The van der Waals surface area contributed by atoms with Gasteiger partial charge in [-0.3, -0.25) is 15.0 Å². The van der Waals surface area contributed by atoms with Gasteiger partial charge < -0.3 is 14.6 Å². The second-order valence-electron chi connectivity index (χ2n) is 12.9. The summed E-state index contributed by atoms with van der Waals surface area (Å²) in [6, 6.07) is 11.9. The average molecular weight is 548 g/mol. The molecule has 1 aromatic carbocycles. The molecule has 0 aliphatic carbocycles. The number of ketones is 1. The Morgan fingerprint density at radius 2 is 1.68 bits per heavy atom. The highest BCUT2D eigenvalue weighted by Crippen LogP contribution is 2.38. The first-order valence-electron chi connectivity index (χ1n) is 13.7. The van der Waals surface area contributed by atoms with Crippen molar-refractivity contribution in [3.05, 3.63) is 65.6 Å². The monoisotopic (exact) mass is 547 g/mol. The van der Waals surface area contributed by atoms with Crippen LogP contribution in [0.3, 0.4) is 0 Å². The fourth-order valence-corrected chi connectivity index (χ4v) is 5.11. The Hall–Kier alpha value is -3.72. The first-order valence-corrected chi connectivity index (χ1v) is 13.7. The highest BCUT2D eigenvalue weighted by atomic mass is 16.5. The van der Waals surface area contributed by atoms with Gasteiger partial charge in [0, 0.05) is 47.5 Å². The molecule has 9 heteroatoms. The molecule has 3 aromatic rings. The van der Waals surface area contributed by atoms with E-state index in [-0.39, 0.29) is 40.7 Å². The fourth-order valence-electron chi connectivity index (χ4n) is 5.11. The van der Waals surface area contributed by atoms with E-state index in [4.69, 9.17) is 9.26 Å². The first kappa shape index (κ1) is 29.3. The van der Waals surface area contributed by atoms with Crippen LogP contribution in [-0.4, -0.2) is 51.1 Å². The van der Waals surface area contributed by atoms with Crippen LogP contribution in [0.25, 0.3) is 0 Å². The number of carbonyl (C=O) groups is 2. The molecule has 9 nitrogen and oxygen atoms in total. The van der Waals surface area contributed by atoms with Gasteiger partial charge in [0.05, 0.1) is 11.9 Å². The van der Waals surface area contributed by atoms with Gasteiger partial charge in [-0.1, -0.05) is 38.1 Å². The summed E-state index contributed by atoms with van der Waals surface area (Å²) in [7, 11) is 2.17. The summed E-state index contributed by atoms with van der Waals surface area (Å²) in [6.45, 7) is 15.0. The zero-order chi connectivity index (χ0) is 29.3. The number of nitrogens with one attached hydrogen (secondary N) is 2. The van der Waals surface area contributed by atoms with E-state index in [0.29, 0.717) is 17.1 Å². The minimum absolute atomic E-state index is 0.0255. The molecule has 0 radical (unpaired) electrons. The predicted molar refractivity (Wildman–Crippen MR) is 156 cm³/mol. The van der Waals surface area contributed by atoms with Crippen molar-refractivity contribution >= 4 is 23.4 Å². The standard InChI is InChI=1S/C31H41N5O4/c1-29(2,3)26-16-27(40-35-26)34-28(38)33-21-11-9-20(10-12-21)15-25(37)24-14-13-22(19-32-24)39-23-17-30(4,5)36(8)31(6,7)18-23/h9-14,16,19,23H,15,17-18H2,1-8H3,(H2,33,34,38). The molecule has 0 spiro atoms. The van der Waals surface area contributed by atoms with Gasteiger partial charge in [0.25, 0.3) is 0 Å². The third-order valence-electron chi connectivity index (χ3n) is 7.69. The normalized spacial score (nSPS) is 17.3. The van der Waals surface area contributed by atoms with E-state index < -0.39 is 6.03 Å². The highest BCUT2D eigenvalue weighted by Gasteiger charge is 2.44. The molecule has 0 atom stereocenters. The van der Waals surface area contributed by atoms with Gasteiger partial charge >= 0.3 is 6.03 Å². The van der Waals surface area contributed by atoms with Gasteiger partial charge in [0.2, 0.25) is 5.88 Å². The van der Waals surface area contributed by atoms with Crippen LogP contribution in [0.1, 0.15) is 83.1 Å². The second-order valence-corrected chi connectivity index (χ2v) is 12.9. The lowest BCUT2D eigenvalue weighted by Crippen LogP contribution is -2.60. The number of likely N-dealkylation sites (tertiary alicyclic amines) is 1. The van der Waals surface area contributed by atoms with Crippen molar-refractivity contribution in [1.82, 2.24) is 15.0 Å². The SMILES string of the molecule is CN1C(C)(C)CC(Oc2ccc(C(=O)Cc3ccc(NC(=O)Nc4cc(C(C)(C)C)no4)cc3)nc2)CC1(C)C. The number of pyridine rings is 1. The van der Waals surface area contributed by atoms with Crippen molar-refractivity contribution in [3.63, 3.8) is 0 Å². The largest absolute Gasteiger partial charge is 0.489 e.